The van der Waals surface area contributed by atoms with Crippen molar-refractivity contribution in [3.63, 3.8) is 0 Å². The van der Waals surface area contributed by atoms with Gasteiger partial charge in [0.2, 0.25) is 0 Å². The summed E-state index contributed by atoms with van der Waals surface area (Å²) in [5, 5.41) is 11.5. The molecular formula is C11H16N6O2. The molecule has 19 heavy (non-hydrogen) atoms. The highest BCUT2D eigenvalue weighted by atomic mass is 16.4. The number of amidine groups is 1. The molecule has 1 fully saturated rings. The summed E-state index contributed by atoms with van der Waals surface area (Å²) in [6.07, 6.45) is 4.42. The van der Waals surface area contributed by atoms with E-state index < -0.39 is 0 Å². The summed E-state index contributed by atoms with van der Waals surface area (Å²) in [6, 6.07) is 0. The van der Waals surface area contributed by atoms with Gasteiger partial charge in [-0.3, -0.25) is 9.69 Å². The first kappa shape index (κ1) is 13.2. The highest BCUT2D eigenvalue weighted by Gasteiger charge is 2.22. The first-order valence-corrected chi connectivity index (χ1v) is 5.93. The van der Waals surface area contributed by atoms with Crippen LogP contribution in [-0.4, -0.2) is 69.4 Å². The van der Waals surface area contributed by atoms with E-state index in [9.17, 15) is 4.79 Å². The Labute approximate surface area is 110 Å². The lowest BCUT2D eigenvalue weighted by molar-refractivity contribution is 0.0652. The first-order valence-electron chi connectivity index (χ1n) is 5.93. The van der Waals surface area contributed by atoms with Gasteiger partial charge in [0.1, 0.15) is 6.33 Å². The van der Waals surface area contributed by atoms with Gasteiger partial charge < -0.3 is 15.8 Å². The fraction of sp³-hybridized carbons (Fsp3) is 0.455. The van der Waals surface area contributed by atoms with Crippen LogP contribution in [0.25, 0.3) is 0 Å². The van der Waals surface area contributed by atoms with Gasteiger partial charge in [0.25, 0.3) is 5.91 Å². The monoisotopic (exact) mass is 264 g/mol. The van der Waals surface area contributed by atoms with Crippen LogP contribution in [-0.2, 0) is 0 Å². The number of nitrogens with two attached hydrogens (primary N) is 1. The van der Waals surface area contributed by atoms with E-state index in [2.05, 4.69) is 15.1 Å². The number of carbonyl (C=O) groups is 1. The van der Waals surface area contributed by atoms with Crippen LogP contribution in [0.4, 0.5) is 0 Å². The summed E-state index contributed by atoms with van der Waals surface area (Å²) in [7, 11) is 0. The lowest BCUT2D eigenvalue weighted by Crippen LogP contribution is -2.50. The molecule has 1 amide bonds. The van der Waals surface area contributed by atoms with Gasteiger partial charge in [0.05, 0.1) is 12.1 Å². The lowest BCUT2D eigenvalue weighted by atomic mass is 10.2. The standard InChI is InChI=1S/C11H16N6O2/c12-10(15-19)7-16-1-3-17(4-2-16)11(18)9-5-13-8-14-6-9/h5-6,8,19H,1-4,7H2,(H2,12,15). The molecule has 3 N–H and O–H groups in total. The molecule has 0 bridgehead atoms. The smallest absolute Gasteiger partial charge is 0.257 e. The normalized spacial score (nSPS) is 17.5. The van der Waals surface area contributed by atoms with Gasteiger partial charge in [-0.15, -0.1) is 0 Å². The Morgan fingerprint density at radius 1 is 1.32 bits per heavy atom. The maximum absolute atomic E-state index is 12.1. The van der Waals surface area contributed by atoms with Crippen molar-refractivity contribution in [2.45, 2.75) is 0 Å². The molecule has 0 aromatic carbocycles. The van der Waals surface area contributed by atoms with Crippen molar-refractivity contribution in [2.75, 3.05) is 32.7 Å². The Morgan fingerprint density at radius 2 is 1.95 bits per heavy atom. The van der Waals surface area contributed by atoms with Crippen LogP contribution in [0.2, 0.25) is 0 Å². The first-order chi connectivity index (χ1) is 9.20. The van der Waals surface area contributed by atoms with Crippen molar-refractivity contribution >= 4 is 11.7 Å². The lowest BCUT2D eigenvalue weighted by Gasteiger charge is -2.34. The number of amides is 1. The van der Waals surface area contributed by atoms with E-state index in [4.69, 9.17) is 10.9 Å². The number of hydrogen-bond donors (Lipinski definition) is 2. The minimum absolute atomic E-state index is 0.0657. The van der Waals surface area contributed by atoms with Crippen molar-refractivity contribution in [1.29, 1.82) is 0 Å². The zero-order valence-corrected chi connectivity index (χ0v) is 10.4. The number of aromatic nitrogens is 2. The van der Waals surface area contributed by atoms with Crippen molar-refractivity contribution in [1.82, 2.24) is 19.8 Å². The Bertz CT molecular complexity index is 456. The molecule has 102 valence electrons. The van der Waals surface area contributed by atoms with Crippen molar-refractivity contribution < 1.29 is 10.0 Å². The topological polar surface area (TPSA) is 108 Å². The Balaban J connectivity index is 1.88. The van der Waals surface area contributed by atoms with E-state index in [-0.39, 0.29) is 11.7 Å². The van der Waals surface area contributed by atoms with E-state index in [1.54, 1.807) is 4.90 Å². The van der Waals surface area contributed by atoms with Gasteiger partial charge in [0.15, 0.2) is 5.84 Å². The molecule has 8 nitrogen and oxygen atoms in total. The van der Waals surface area contributed by atoms with Gasteiger partial charge in [-0.25, -0.2) is 9.97 Å². The van der Waals surface area contributed by atoms with Crippen LogP contribution < -0.4 is 5.73 Å². The summed E-state index contributed by atoms with van der Waals surface area (Å²) >= 11 is 0. The average molecular weight is 264 g/mol. The molecule has 0 atom stereocenters. The van der Waals surface area contributed by atoms with Crippen molar-refractivity contribution in [3.8, 4) is 0 Å². The third kappa shape index (κ3) is 3.38. The molecule has 1 aromatic heterocycles. The summed E-state index contributed by atoms with van der Waals surface area (Å²) in [6.45, 7) is 3.00. The van der Waals surface area contributed by atoms with E-state index in [1.807, 2.05) is 4.90 Å². The van der Waals surface area contributed by atoms with Crippen LogP contribution in [0.15, 0.2) is 23.9 Å². The second kappa shape index (κ2) is 6.10. The minimum atomic E-state index is -0.0657. The molecule has 8 heteroatoms. The molecule has 1 aliphatic heterocycles. The molecule has 0 saturated carbocycles. The fourth-order valence-corrected chi connectivity index (χ4v) is 1.96. The van der Waals surface area contributed by atoms with Gasteiger partial charge in [-0.2, -0.15) is 0 Å². The van der Waals surface area contributed by atoms with E-state index >= 15 is 0 Å². The molecule has 0 spiro atoms. The summed E-state index contributed by atoms with van der Waals surface area (Å²) in [5.74, 6) is 0.111. The number of rotatable bonds is 3. The minimum Gasteiger partial charge on any atom is -0.409 e. The summed E-state index contributed by atoms with van der Waals surface area (Å²) in [5.41, 5.74) is 5.94. The Kier molecular flexibility index (Phi) is 4.24. The SMILES string of the molecule is NC(CN1CCN(C(=O)c2cncnc2)CC1)=NO. The predicted molar refractivity (Wildman–Crippen MR) is 67.8 cm³/mol. The number of piperazine rings is 1. The summed E-state index contributed by atoms with van der Waals surface area (Å²) in [4.78, 5) is 23.6. The quantitative estimate of drug-likeness (QED) is 0.313. The molecule has 0 aliphatic carbocycles. The van der Waals surface area contributed by atoms with Crippen LogP contribution >= 0.6 is 0 Å². The maximum atomic E-state index is 12.1. The Hall–Kier alpha value is -2.22. The van der Waals surface area contributed by atoms with Crippen molar-refractivity contribution in [3.05, 3.63) is 24.3 Å². The second-order valence-electron chi connectivity index (χ2n) is 4.29. The highest BCUT2D eigenvalue weighted by molar-refractivity contribution is 5.93. The largest absolute Gasteiger partial charge is 0.409 e. The molecular weight excluding hydrogens is 248 g/mol. The third-order valence-electron chi connectivity index (χ3n) is 2.98. The van der Waals surface area contributed by atoms with Gasteiger partial charge in [0, 0.05) is 38.6 Å². The summed E-state index contributed by atoms with van der Waals surface area (Å²) < 4.78 is 0. The van der Waals surface area contributed by atoms with Crippen LogP contribution in [0.3, 0.4) is 0 Å². The number of oxime groups is 1. The average Bonchev–Trinajstić information content (AvgIpc) is 2.48. The number of hydrogen-bond acceptors (Lipinski definition) is 6. The zero-order chi connectivity index (χ0) is 13.7. The zero-order valence-electron chi connectivity index (χ0n) is 10.4. The van der Waals surface area contributed by atoms with Crippen LogP contribution in [0, 0.1) is 0 Å². The predicted octanol–water partition coefficient (Wildman–Crippen LogP) is -1.02. The molecule has 2 heterocycles. The second-order valence-corrected chi connectivity index (χ2v) is 4.29. The number of carbonyl (C=O) groups excluding carboxylic acids is 1. The van der Waals surface area contributed by atoms with E-state index in [0.717, 1.165) is 0 Å². The highest BCUT2D eigenvalue weighted by Crippen LogP contribution is 2.06. The van der Waals surface area contributed by atoms with Gasteiger partial charge in [-0.1, -0.05) is 5.16 Å². The van der Waals surface area contributed by atoms with Crippen LogP contribution in [0.5, 0.6) is 0 Å². The molecule has 0 radical (unpaired) electrons. The number of nitrogens with zero attached hydrogens (tertiary/aromatic N) is 5. The van der Waals surface area contributed by atoms with Gasteiger partial charge in [-0.05, 0) is 0 Å². The van der Waals surface area contributed by atoms with Gasteiger partial charge >= 0.3 is 0 Å². The third-order valence-corrected chi connectivity index (χ3v) is 2.98. The molecule has 1 aliphatic rings. The maximum Gasteiger partial charge on any atom is 0.257 e. The van der Waals surface area contributed by atoms with Crippen LogP contribution in [0.1, 0.15) is 10.4 Å². The Morgan fingerprint density at radius 3 is 2.53 bits per heavy atom. The van der Waals surface area contributed by atoms with E-state index in [1.165, 1.54) is 18.7 Å². The molecule has 1 aromatic rings. The molecule has 0 unspecified atom stereocenters. The van der Waals surface area contributed by atoms with E-state index in [0.29, 0.717) is 38.3 Å². The molecule has 1 saturated heterocycles. The van der Waals surface area contributed by atoms with Crippen molar-refractivity contribution in [2.24, 2.45) is 10.9 Å². The molecule has 2 rings (SSSR count). The fourth-order valence-electron chi connectivity index (χ4n) is 1.96.